The molecule has 2 aliphatic rings. The lowest BCUT2D eigenvalue weighted by molar-refractivity contribution is 0.0315. The molecule has 3 rings (SSSR count). The first-order valence-corrected chi connectivity index (χ1v) is 10.6. The van der Waals surface area contributed by atoms with Crippen molar-refractivity contribution in [3.8, 4) is 0 Å². The Bertz CT molecular complexity index is 612. The van der Waals surface area contributed by atoms with E-state index in [1.54, 1.807) is 0 Å². The molecule has 2 unspecified atom stereocenters. The summed E-state index contributed by atoms with van der Waals surface area (Å²) in [5, 5.41) is 3.51. The second-order valence-electron chi connectivity index (χ2n) is 8.02. The van der Waals surface area contributed by atoms with Gasteiger partial charge in [0.15, 0.2) is 5.96 Å². The van der Waals surface area contributed by atoms with Gasteiger partial charge in [-0.05, 0) is 31.7 Å². The number of ether oxygens (including phenoxy) is 1. The van der Waals surface area contributed by atoms with Crippen molar-refractivity contribution in [3.05, 3.63) is 35.4 Å². The Morgan fingerprint density at radius 1 is 1.30 bits per heavy atom. The van der Waals surface area contributed by atoms with E-state index in [4.69, 9.17) is 9.73 Å². The summed E-state index contributed by atoms with van der Waals surface area (Å²) < 4.78 is 5.47. The van der Waals surface area contributed by atoms with E-state index < -0.39 is 0 Å². The van der Waals surface area contributed by atoms with E-state index in [2.05, 4.69) is 60.2 Å². The minimum atomic E-state index is 0.435. The van der Waals surface area contributed by atoms with Crippen LogP contribution in [0.25, 0.3) is 0 Å². The van der Waals surface area contributed by atoms with Gasteiger partial charge in [-0.1, -0.05) is 36.8 Å². The highest BCUT2D eigenvalue weighted by atomic mass is 16.5. The van der Waals surface area contributed by atoms with Crippen LogP contribution in [0.4, 0.5) is 0 Å². The lowest BCUT2D eigenvalue weighted by Crippen LogP contribution is -2.42. The zero-order valence-corrected chi connectivity index (χ0v) is 17.3. The standard InChI is InChI=1S/C22H36N4O/c1-4-23-22(24-15-19(3)21-7-5-6-18(2)14-21)26-9-8-20(17-26)16-25-10-12-27-13-11-25/h5-7,14,19-20H,4,8-13,15-17H2,1-3H3,(H,23,24). The van der Waals surface area contributed by atoms with E-state index in [0.29, 0.717) is 5.92 Å². The van der Waals surface area contributed by atoms with Gasteiger partial charge in [-0.15, -0.1) is 0 Å². The quantitative estimate of drug-likeness (QED) is 0.616. The number of rotatable bonds is 6. The van der Waals surface area contributed by atoms with Crippen molar-refractivity contribution in [1.29, 1.82) is 0 Å². The molecule has 5 heteroatoms. The molecule has 2 saturated heterocycles. The number of hydrogen-bond acceptors (Lipinski definition) is 3. The molecule has 1 aromatic rings. The van der Waals surface area contributed by atoms with E-state index in [1.807, 2.05) is 0 Å². The lowest BCUT2D eigenvalue weighted by atomic mass is 10.00. The molecule has 0 bridgehead atoms. The third-order valence-electron chi connectivity index (χ3n) is 5.67. The molecule has 27 heavy (non-hydrogen) atoms. The highest BCUT2D eigenvalue weighted by Crippen LogP contribution is 2.20. The zero-order valence-electron chi connectivity index (χ0n) is 17.3. The minimum Gasteiger partial charge on any atom is -0.379 e. The van der Waals surface area contributed by atoms with E-state index in [-0.39, 0.29) is 0 Å². The number of likely N-dealkylation sites (tertiary alicyclic amines) is 1. The molecule has 0 aliphatic carbocycles. The summed E-state index contributed by atoms with van der Waals surface area (Å²) in [6.45, 7) is 15.7. The molecule has 0 radical (unpaired) electrons. The van der Waals surface area contributed by atoms with E-state index in [1.165, 1.54) is 24.1 Å². The van der Waals surface area contributed by atoms with Crippen molar-refractivity contribution in [2.45, 2.75) is 33.1 Å². The van der Waals surface area contributed by atoms with Crippen LogP contribution in [0, 0.1) is 12.8 Å². The van der Waals surface area contributed by atoms with Gasteiger partial charge in [0, 0.05) is 51.7 Å². The Hall–Kier alpha value is -1.59. The molecule has 2 heterocycles. The van der Waals surface area contributed by atoms with Crippen LogP contribution >= 0.6 is 0 Å². The number of nitrogens with one attached hydrogen (secondary N) is 1. The van der Waals surface area contributed by atoms with Gasteiger partial charge in [0.25, 0.3) is 0 Å². The molecule has 5 nitrogen and oxygen atoms in total. The van der Waals surface area contributed by atoms with Gasteiger partial charge >= 0.3 is 0 Å². The highest BCUT2D eigenvalue weighted by molar-refractivity contribution is 5.80. The average Bonchev–Trinajstić information content (AvgIpc) is 3.14. The number of hydrogen-bond donors (Lipinski definition) is 1. The number of aliphatic imine (C=N–C) groups is 1. The fourth-order valence-corrected chi connectivity index (χ4v) is 4.05. The monoisotopic (exact) mass is 372 g/mol. The summed E-state index contributed by atoms with van der Waals surface area (Å²) in [5.41, 5.74) is 2.70. The van der Waals surface area contributed by atoms with Crippen LogP contribution in [-0.4, -0.2) is 74.8 Å². The summed E-state index contributed by atoms with van der Waals surface area (Å²) in [4.78, 5) is 9.99. The molecule has 1 N–H and O–H groups in total. The lowest BCUT2D eigenvalue weighted by Gasteiger charge is -2.29. The predicted octanol–water partition coefficient (Wildman–Crippen LogP) is 2.72. The van der Waals surface area contributed by atoms with Crippen LogP contribution in [0.15, 0.2) is 29.3 Å². The van der Waals surface area contributed by atoms with Crippen molar-refractivity contribution in [1.82, 2.24) is 15.1 Å². The van der Waals surface area contributed by atoms with E-state index in [9.17, 15) is 0 Å². The van der Waals surface area contributed by atoms with Crippen LogP contribution in [0.5, 0.6) is 0 Å². The maximum Gasteiger partial charge on any atom is 0.193 e. The average molecular weight is 373 g/mol. The Balaban J connectivity index is 1.55. The third-order valence-corrected chi connectivity index (χ3v) is 5.67. The fraction of sp³-hybridized carbons (Fsp3) is 0.682. The van der Waals surface area contributed by atoms with Gasteiger partial charge < -0.3 is 15.0 Å². The maximum atomic E-state index is 5.47. The van der Waals surface area contributed by atoms with Crippen LogP contribution in [0.2, 0.25) is 0 Å². The van der Waals surface area contributed by atoms with E-state index in [0.717, 1.165) is 64.4 Å². The minimum absolute atomic E-state index is 0.435. The number of morpholine rings is 1. The summed E-state index contributed by atoms with van der Waals surface area (Å²) >= 11 is 0. The molecule has 150 valence electrons. The van der Waals surface area contributed by atoms with Crippen LogP contribution in [0.3, 0.4) is 0 Å². The summed E-state index contributed by atoms with van der Waals surface area (Å²) in [5.74, 6) is 2.26. The molecule has 0 saturated carbocycles. The first-order chi connectivity index (χ1) is 13.2. The van der Waals surface area contributed by atoms with Gasteiger partial charge in [0.2, 0.25) is 0 Å². The number of nitrogens with zero attached hydrogens (tertiary/aromatic N) is 3. The van der Waals surface area contributed by atoms with Crippen molar-refractivity contribution >= 4 is 5.96 Å². The van der Waals surface area contributed by atoms with E-state index >= 15 is 0 Å². The molecule has 0 amide bonds. The Morgan fingerprint density at radius 2 is 2.11 bits per heavy atom. The number of benzene rings is 1. The molecule has 2 atom stereocenters. The van der Waals surface area contributed by atoms with Gasteiger partial charge in [-0.3, -0.25) is 9.89 Å². The summed E-state index contributed by atoms with van der Waals surface area (Å²) in [6.07, 6.45) is 1.26. The summed E-state index contributed by atoms with van der Waals surface area (Å²) in [6, 6.07) is 8.80. The normalized spacial score (nSPS) is 22.9. The Kier molecular flexibility index (Phi) is 7.53. The van der Waals surface area contributed by atoms with Gasteiger partial charge in [-0.25, -0.2) is 0 Å². The number of aryl methyl sites for hydroxylation is 1. The molecule has 2 aliphatic heterocycles. The van der Waals surface area contributed by atoms with Crippen LogP contribution in [0.1, 0.15) is 37.3 Å². The third kappa shape index (κ3) is 5.94. The maximum absolute atomic E-state index is 5.47. The second-order valence-corrected chi connectivity index (χ2v) is 8.02. The molecule has 0 aromatic heterocycles. The Labute approximate surface area is 164 Å². The molecule has 1 aromatic carbocycles. The SMILES string of the molecule is CCNC(=NCC(C)c1cccc(C)c1)N1CCC(CN2CCOCC2)C1. The summed E-state index contributed by atoms with van der Waals surface area (Å²) in [7, 11) is 0. The molecule has 0 spiro atoms. The Morgan fingerprint density at radius 3 is 2.85 bits per heavy atom. The van der Waals surface area contributed by atoms with Crippen molar-refractivity contribution in [2.24, 2.45) is 10.9 Å². The first kappa shape index (κ1) is 20.2. The number of guanidine groups is 1. The highest BCUT2D eigenvalue weighted by Gasteiger charge is 2.27. The van der Waals surface area contributed by atoms with Crippen molar-refractivity contribution < 1.29 is 4.74 Å². The second kappa shape index (κ2) is 10.1. The van der Waals surface area contributed by atoms with Gasteiger partial charge in [0.05, 0.1) is 13.2 Å². The van der Waals surface area contributed by atoms with Crippen molar-refractivity contribution in [2.75, 3.05) is 59.0 Å². The zero-order chi connectivity index (χ0) is 19.1. The van der Waals surface area contributed by atoms with Gasteiger partial charge in [0.1, 0.15) is 0 Å². The van der Waals surface area contributed by atoms with Crippen LogP contribution in [-0.2, 0) is 4.74 Å². The smallest absolute Gasteiger partial charge is 0.193 e. The fourth-order valence-electron chi connectivity index (χ4n) is 4.05. The molecular weight excluding hydrogens is 336 g/mol. The van der Waals surface area contributed by atoms with Crippen molar-refractivity contribution in [3.63, 3.8) is 0 Å². The van der Waals surface area contributed by atoms with Gasteiger partial charge in [-0.2, -0.15) is 0 Å². The molecule has 2 fully saturated rings. The largest absolute Gasteiger partial charge is 0.379 e. The predicted molar refractivity (Wildman–Crippen MR) is 113 cm³/mol. The first-order valence-electron chi connectivity index (χ1n) is 10.6. The van der Waals surface area contributed by atoms with Crippen LogP contribution < -0.4 is 5.32 Å². The topological polar surface area (TPSA) is 40.1 Å². The molecular formula is C22H36N4O.